The van der Waals surface area contributed by atoms with E-state index in [-0.39, 0.29) is 36.8 Å². The first-order chi connectivity index (χ1) is 11.1. The van der Waals surface area contributed by atoms with Gasteiger partial charge in [-0.15, -0.1) is 12.4 Å². The third-order valence-electron chi connectivity index (χ3n) is 3.97. The quantitative estimate of drug-likeness (QED) is 0.722. The summed E-state index contributed by atoms with van der Waals surface area (Å²) in [6.45, 7) is 4.17. The van der Waals surface area contributed by atoms with E-state index in [4.69, 9.17) is 5.73 Å². The van der Waals surface area contributed by atoms with Crippen molar-refractivity contribution in [3.8, 4) is 0 Å². The van der Waals surface area contributed by atoms with Crippen molar-refractivity contribution in [1.29, 1.82) is 0 Å². The zero-order valence-electron chi connectivity index (χ0n) is 14.1. The molecule has 3 amide bonds. The Hall–Kier alpha value is -1.79. The summed E-state index contributed by atoms with van der Waals surface area (Å²) in [5.41, 5.74) is 8.13. The van der Waals surface area contributed by atoms with Crippen LogP contribution in [0.1, 0.15) is 30.9 Å². The highest BCUT2D eigenvalue weighted by molar-refractivity contribution is 5.85. The second-order valence-electron chi connectivity index (χ2n) is 6.04. The van der Waals surface area contributed by atoms with Gasteiger partial charge in [0.1, 0.15) is 0 Å². The molecule has 1 atom stereocenters. The van der Waals surface area contributed by atoms with Crippen molar-refractivity contribution in [3.63, 3.8) is 0 Å². The Bertz CT molecular complexity index is 551. The van der Waals surface area contributed by atoms with Gasteiger partial charge < -0.3 is 21.3 Å². The van der Waals surface area contributed by atoms with E-state index < -0.39 is 0 Å². The number of urea groups is 1. The Kier molecular flexibility index (Phi) is 8.57. The molecule has 2 rings (SSSR count). The summed E-state index contributed by atoms with van der Waals surface area (Å²) in [4.78, 5) is 25.6. The predicted octanol–water partition coefficient (Wildman–Crippen LogP) is 1.42. The van der Waals surface area contributed by atoms with Crippen molar-refractivity contribution >= 4 is 24.3 Å². The average molecular weight is 355 g/mol. The van der Waals surface area contributed by atoms with Gasteiger partial charge in [0, 0.05) is 38.6 Å². The van der Waals surface area contributed by atoms with Crippen molar-refractivity contribution in [2.75, 3.05) is 19.6 Å². The monoisotopic (exact) mass is 354 g/mol. The lowest BCUT2D eigenvalue weighted by Crippen LogP contribution is -2.43. The van der Waals surface area contributed by atoms with Gasteiger partial charge in [-0.05, 0) is 30.9 Å². The summed E-state index contributed by atoms with van der Waals surface area (Å²) in [6.07, 6.45) is 1.92. The highest BCUT2D eigenvalue weighted by atomic mass is 35.5. The number of carbonyl (C=O) groups is 2. The largest absolute Gasteiger partial charge is 0.356 e. The first-order valence-electron chi connectivity index (χ1n) is 8.18. The van der Waals surface area contributed by atoms with Crippen LogP contribution in [0.3, 0.4) is 0 Å². The number of fused-ring (bicyclic) bond motifs is 1. The SMILES string of the molecule is CC(N)CCNC(=O)CCNC(=O)N1CCc2ccccc2C1.Cl. The van der Waals surface area contributed by atoms with Gasteiger partial charge in [0.2, 0.25) is 5.91 Å². The van der Waals surface area contributed by atoms with Gasteiger partial charge in [0.05, 0.1) is 0 Å². The topological polar surface area (TPSA) is 87.5 Å². The standard InChI is InChI=1S/C17H26N4O2.ClH/c1-13(18)6-9-19-16(22)7-10-20-17(23)21-11-8-14-4-2-3-5-15(14)12-21;/h2-5,13H,6-12,18H2,1H3,(H,19,22)(H,20,23);1H. The van der Waals surface area contributed by atoms with Crippen molar-refractivity contribution in [3.05, 3.63) is 35.4 Å². The molecule has 1 aromatic rings. The van der Waals surface area contributed by atoms with Gasteiger partial charge in [-0.2, -0.15) is 0 Å². The summed E-state index contributed by atoms with van der Waals surface area (Å²) in [5.74, 6) is -0.0602. The number of nitrogens with zero attached hydrogens (tertiary/aromatic N) is 1. The molecule has 0 fully saturated rings. The number of hydrogen-bond acceptors (Lipinski definition) is 3. The smallest absolute Gasteiger partial charge is 0.317 e. The van der Waals surface area contributed by atoms with Crippen LogP contribution in [0.15, 0.2) is 24.3 Å². The van der Waals surface area contributed by atoms with Crippen molar-refractivity contribution in [2.24, 2.45) is 5.73 Å². The summed E-state index contributed by atoms with van der Waals surface area (Å²) in [6, 6.07) is 8.16. The first-order valence-corrected chi connectivity index (χ1v) is 8.18. The van der Waals surface area contributed by atoms with Gasteiger partial charge in [-0.1, -0.05) is 24.3 Å². The maximum absolute atomic E-state index is 12.2. The third kappa shape index (κ3) is 6.37. The lowest BCUT2D eigenvalue weighted by atomic mass is 10.0. The van der Waals surface area contributed by atoms with E-state index in [0.717, 1.165) is 12.8 Å². The van der Waals surface area contributed by atoms with Crippen LogP contribution in [0.2, 0.25) is 0 Å². The molecule has 1 aliphatic heterocycles. The van der Waals surface area contributed by atoms with Crippen LogP contribution >= 0.6 is 12.4 Å². The van der Waals surface area contributed by atoms with Crippen LogP contribution in [-0.4, -0.2) is 42.5 Å². The molecule has 0 saturated carbocycles. The highest BCUT2D eigenvalue weighted by Crippen LogP contribution is 2.18. The third-order valence-corrected chi connectivity index (χ3v) is 3.97. The molecule has 1 aliphatic rings. The molecule has 1 heterocycles. The van der Waals surface area contributed by atoms with E-state index in [1.165, 1.54) is 11.1 Å². The normalized spacial score (nSPS) is 14.2. The Morgan fingerprint density at radius 2 is 1.92 bits per heavy atom. The Morgan fingerprint density at radius 3 is 2.62 bits per heavy atom. The van der Waals surface area contributed by atoms with E-state index in [2.05, 4.69) is 22.8 Å². The molecule has 4 N–H and O–H groups in total. The average Bonchev–Trinajstić information content (AvgIpc) is 2.54. The minimum Gasteiger partial charge on any atom is -0.356 e. The Balaban J connectivity index is 0.00000288. The molecule has 0 spiro atoms. The molecule has 0 aliphatic carbocycles. The molecule has 0 radical (unpaired) electrons. The van der Waals surface area contributed by atoms with Crippen LogP contribution < -0.4 is 16.4 Å². The second-order valence-corrected chi connectivity index (χ2v) is 6.04. The zero-order valence-corrected chi connectivity index (χ0v) is 14.9. The van der Waals surface area contributed by atoms with Crippen LogP contribution in [0.4, 0.5) is 4.79 Å². The van der Waals surface area contributed by atoms with Crippen molar-refractivity contribution < 1.29 is 9.59 Å². The van der Waals surface area contributed by atoms with E-state index in [9.17, 15) is 9.59 Å². The summed E-state index contributed by atoms with van der Waals surface area (Å²) >= 11 is 0. The fourth-order valence-electron chi connectivity index (χ4n) is 2.59. The summed E-state index contributed by atoms with van der Waals surface area (Å²) in [5, 5.41) is 5.61. The van der Waals surface area contributed by atoms with E-state index in [1.54, 1.807) is 4.90 Å². The molecule has 134 valence electrons. The number of rotatable bonds is 6. The number of nitrogens with two attached hydrogens (primary N) is 1. The number of halogens is 1. The zero-order chi connectivity index (χ0) is 16.7. The van der Waals surface area contributed by atoms with Crippen LogP contribution in [0, 0.1) is 0 Å². The fourth-order valence-corrected chi connectivity index (χ4v) is 2.59. The number of nitrogens with one attached hydrogen (secondary N) is 2. The van der Waals surface area contributed by atoms with Crippen molar-refractivity contribution in [2.45, 2.75) is 38.8 Å². The van der Waals surface area contributed by atoms with E-state index in [0.29, 0.717) is 26.2 Å². The highest BCUT2D eigenvalue weighted by Gasteiger charge is 2.19. The van der Waals surface area contributed by atoms with E-state index in [1.807, 2.05) is 19.1 Å². The van der Waals surface area contributed by atoms with Crippen molar-refractivity contribution in [1.82, 2.24) is 15.5 Å². The molecular weight excluding hydrogens is 328 g/mol. The molecule has 0 bridgehead atoms. The van der Waals surface area contributed by atoms with Crippen LogP contribution in [0.25, 0.3) is 0 Å². The maximum Gasteiger partial charge on any atom is 0.317 e. The minimum absolute atomic E-state index is 0. The maximum atomic E-state index is 12.2. The summed E-state index contributed by atoms with van der Waals surface area (Å²) < 4.78 is 0. The van der Waals surface area contributed by atoms with Gasteiger partial charge in [0.15, 0.2) is 0 Å². The lowest BCUT2D eigenvalue weighted by Gasteiger charge is -2.28. The molecule has 6 nitrogen and oxygen atoms in total. The van der Waals surface area contributed by atoms with Crippen LogP contribution in [-0.2, 0) is 17.8 Å². The van der Waals surface area contributed by atoms with Crippen LogP contribution in [0.5, 0.6) is 0 Å². The molecule has 7 heteroatoms. The van der Waals surface area contributed by atoms with Gasteiger partial charge in [-0.3, -0.25) is 4.79 Å². The molecule has 1 unspecified atom stereocenters. The van der Waals surface area contributed by atoms with E-state index >= 15 is 0 Å². The number of amides is 3. The Morgan fingerprint density at radius 1 is 1.21 bits per heavy atom. The first kappa shape index (κ1) is 20.3. The number of benzene rings is 1. The lowest BCUT2D eigenvalue weighted by molar-refractivity contribution is -0.120. The van der Waals surface area contributed by atoms with Gasteiger partial charge in [-0.25, -0.2) is 4.79 Å². The number of hydrogen-bond donors (Lipinski definition) is 3. The van der Waals surface area contributed by atoms with Gasteiger partial charge in [0.25, 0.3) is 0 Å². The molecule has 24 heavy (non-hydrogen) atoms. The predicted molar refractivity (Wildman–Crippen MR) is 97.1 cm³/mol. The minimum atomic E-state index is -0.108. The summed E-state index contributed by atoms with van der Waals surface area (Å²) in [7, 11) is 0. The molecule has 1 aromatic carbocycles. The Labute approximate surface area is 149 Å². The molecule has 0 saturated heterocycles. The molecular formula is C17H27ClN4O2. The number of carbonyl (C=O) groups excluding carboxylic acids is 2. The molecule has 0 aromatic heterocycles. The fraction of sp³-hybridized carbons (Fsp3) is 0.529. The van der Waals surface area contributed by atoms with Gasteiger partial charge >= 0.3 is 6.03 Å². The second kappa shape index (κ2) is 10.2.